The molecular weight excluding hydrogens is 296 g/mol. The lowest BCUT2D eigenvalue weighted by molar-refractivity contribution is -0.117. The zero-order valence-corrected chi connectivity index (χ0v) is 15.7. The fourth-order valence-corrected chi connectivity index (χ4v) is 7.66. The van der Waals surface area contributed by atoms with E-state index in [0.717, 1.165) is 37.0 Å². The van der Waals surface area contributed by atoms with Gasteiger partial charge in [0.2, 0.25) is 0 Å². The van der Waals surface area contributed by atoms with Crippen LogP contribution in [0.2, 0.25) is 0 Å². The highest BCUT2D eigenvalue weighted by molar-refractivity contribution is 5.91. The van der Waals surface area contributed by atoms with Crippen LogP contribution in [0.3, 0.4) is 0 Å². The van der Waals surface area contributed by atoms with E-state index in [4.69, 9.17) is 0 Å². The number of hydrogen-bond acceptors (Lipinski definition) is 2. The molecule has 24 heavy (non-hydrogen) atoms. The van der Waals surface area contributed by atoms with Gasteiger partial charge in [-0.2, -0.15) is 0 Å². The lowest BCUT2D eigenvalue weighted by Crippen LogP contribution is -2.51. The highest BCUT2D eigenvalue weighted by atomic mass is 16.3. The van der Waals surface area contributed by atoms with Gasteiger partial charge in [-0.1, -0.05) is 26.3 Å². The van der Waals surface area contributed by atoms with E-state index in [9.17, 15) is 9.90 Å². The minimum absolute atomic E-state index is 0.291. The Kier molecular flexibility index (Phi) is 3.99. The van der Waals surface area contributed by atoms with Crippen LogP contribution in [0.5, 0.6) is 0 Å². The summed E-state index contributed by atoms with van der Waals surface area (Å²) >= 11 is 0. The normalized spacial score (nSPS) is 49.0. The SMILES string of the molecule is C[C@H](CO)C1CCC2C3CCC4=CC(=O)CCC4(C)C3CCC21C. The molecule has 2 heteroatoms. The predicted molar refractivity (Wildman–Crippen MR) is 96.4 cm³/mol. The Balaban J connectivity index is 1.63. The number of carbonyl (C=O) groups is 1. The van der Waals surface area contributed by atoms with Gasteiger partial charge in [-0.15, -0.1) is 0 Å². The van der Waals surface area contributed by atoms with Crippen LogP contribution < -0.4 is 0 Å². The fraction of sp³-hybridized carbons (Fsp3) is 0.864. The van der Waals surface area contributed by atoms with Crippen LogP contribution >= 0.6 is 0 Å². The van der Waals surface area contributed by atoms with Crippen molar-refractivity contribution < 1.29 is 9.90 Å². The van der Waals surface area contributed by atoms with Gasteiger partial charge in [-0.25, -0.2) is 0 Å². The lowest BCUT2D eigenvalue weighted by atomic mass is 9.46. The molecule has 0 aliphatic heterocycles. The van der Waals surface area contributed by atoms with Gasteiger partial charge in [-0.3, -0.25) is 4.79 Å². The Hall–Kier alpha value is -0.630. The van der Waals surface area contributed by atoms with E-state index in [1.807, 2.05) is 6.08 Å². The summed E-state index contributed by atoms with van der Waals surface area (Å²) in [5.74, 6) is 3.97. The second-order valence-corrected chi connectivity index (χ2v) is 9.86. The molecule has 134 valence electrons. The van der Waals surface area contributed by atoms with Crippen LogP contribution in [0.1, 0.15) is 72.1 Å². The first kappa shape index (κ1) is 16.8. The van der Waals surface area contributed by atoms with Crippen molar-refractivity contribution in [1.29, 1.82) is 0 Å². The maximum absolute atomic E-state index is 11.9. The van der Waals surface area contributed by atoms with E-state index in [2.05, 4.69) is 20.8 Å². The highest BCUT2D eigenvalue weighted by Gasteiger charge is 2.59. The third kappa shape index (κ3) is 2.21. The number of fused-ring (bicyclic) bond motifs is 5. The average Bonchev–Trinajstić information content (AvgIpc) is 2.92. The Morgan fingerprint density at radius 2 is 1.92 bits per heavy atom. The molecule has 7 atom stereocenters. The number of aliphatic hydroxyl groups is 1. The quantitative estimate of drug-likeness (QED) is 0.792. The van der Waals surface area contributed by atoms with E-state index in [-0.39, 0.29) is 0 Å². The van der Waals surface area contributed by atoms with Gasteiger partial charge in [0, 0.05) is 13.0 Å². The van der Waals surface area contributed by atoms with E-state index in [0.29, 0.717) is 35.1 Å². The van der Waals surface area contributed by atoms with Crippen molar-refractivity contribution >= 4 is 5.78 Å². The van der Waals surface area contributed by atoms with Crippen molar-refractivity contribution in [2.45, 2.75) is 72.1 Å². The van der Waals surface area contributed by atoms with Crippen molar-refractivity contribution in [3.05, 3.63) is 11.6 Å². The summed E-state index contributed by atoms with van der Waals surface area (Å²) in [7, 11) is 0. The second-order valence-electron chi connectivity index (χ2n) is 9.86. The third-order valence-electron chi connectivity index (χ3n) is 9.01. The zero-order chi connectivity index (χ0) is 17.1. The number of rotatable bonds is 2. The number of allylic oxidation sites excluding steroid dienone is 1. The second kappa shape index (κ2) is 5.69. The van der Waals surface area contributed by atoms with Crippen molar-refractivity contribution in [1.82, 2.24) is 0 Å². The molecule has 3 saturated carbocycles. The summed E-state index contributed by atoms with van der Waals surface area (Å²) in [6.45, 7) is 7.59. The van der Waals surface area contributed by atoms with Gasteiger partial charge >= 0.3 is 0 Å². The smallest absolute Gasteiger partial charge is 0.155 e. The van der Waals surface area contributed by atoms with Crippen LogP contribution in [-0.4, -0.2) is 17.5 Å². The molecule has 0 aromatic heterocycles. The molecule has 6 unspecified atom stereocenters. The number of ketones is 1. The number of carbonyl (C=O) groups excluding carboxylic acids is 1. The molecule has 3 fully saturated rings. The molecule has 4 rings (SSSR count). The number of hydrogen-bond donors (Lipinski definition) is 1. The molecular formula is C22H34O2. The molecule has 4 aliphatic rings. The molecule has 0 amide bonds. The highest BCUT2D eigenvalue weighted by Crippen LogP contribution is 2.67. The first-order chi connectivity index (χ1) is 11.4. The van der Waals surface area contributed by atoms with Crippen LogP contribution in [0.25, 0.3) is 0 Å². The first-order valence-electron chi connectivity index (χ1n) is 10.2. The van der Waals surface area contributed by atoms with Crippen molar-refractivity contribution in [3.8, 4) is 0 Å². The van der Waals surface area contributed by atoms with E-state index in [1.165, 1.54) is 37.7 Å². The summed E-state index contributed by atoms with van der Waals surface area (Å²) < 4.78 is 0. The fourth-order valence-electron chi connectivity index (χ4n) is 7.66. The summed E-state index contributed by atoms with van der Waals surface area (Å²) in [5, 5.41) is 9.71. The van der Waals surface area contributed by atoms with E-state index < -0.39 is 0 Å². The summed E-state index contributed by atoms with van der Waals surface area (Å²) in [5.41, 5.74) is 2.20. The van der Waals surface area contributed by atoms with Gasteiger partial charge in [0.15, 0.2) is 5.78 Å². The van der Waals surface area contributed by atoms with Gasteiger partial charge in [0.1, 0.15) is 0 Å². The molecule has 1 N–H and O–H groups in total. The van der Waals surface area contributed by atoms with Crippen LogP contribution in [-0.2, 0) is 4.79 Å². The Morgan fingerprint density at radius 1 is 1.12 bits per heavy atom. The minimum atomic E-state index is 0.291. The molecule has 2 nitrogen and oxygen atoms in total. The Labute approximate surface area is 147 Å². The Bertz CT molecular complexity index is 564. The molecule has 0 spiro atoms. The Morgan fingerprint density at radius 3 is 2.67 bits per heavy atom. The molecule has 0 aromatic rings. The van der Waals surface area contributed by atoms with Gasteiger partial charge in [-0.05, 0) is 91.4 Å². The van der Waals surface area contributed by atoms with Crippen LogP contribution in [0, 0.1) is 40.4 Å². The van der Waals surface area contributed by atoms with Crippen molar-refractivity contribution in [2.24, 2.45) is 40.4 Å². The van der Waals surface area contributed by atoms with Crippen molar-refractivity contribution in [3.63, 3.8) is 0 Å². The third-order valence-corrected chi connectivity index (χ3v) is 9.01. The summed E-state index contributed by atoms with van der Waals surface area (Å²) in [6, 6.07) is 0. The van der Waals surface area contributed by atoms with Crippen LogP contribution in [0.15, 0.2) is 11.6 Å². The maximum Gasteiger partial charge on any atom is 0.155 e. The van der Waals surface area contributed by atoms with Gasteiger partial charge in [0.05, 0.1) is 0 Å². The van der Waals surface area contributed by atoms with Crippen LogP contribution in [0.4, 0.5) is 0 Å². The lowest BCUT2D eigenvalue weighted by Gasteiger charge is -2.58. The van der Waals surface area contributed by atoms with E-state index >= 15 is 0 Å². The van der Waals surface area contributed by atoms with Gasteiger partial charge < -0.3 is 5.11 Å². The summed E-state index contributed by atoms with van der Waals surface area (Å²) in [6.07, 6.45) is 11.6. The molecule has 0 heterocycles. The monoisotopic (exact) mass is 330 g/mol. The van der Waals surface area contributed by atoms with E-state index in [1.54, 1.807) is 0 Å². The maximum atomic E-state index is 11.9. The molecule has 0 radical (unpaired) electrons. The average molecular weight is 331 g/mol. The molecule has 4 aliphatic carbocycles. The topological polar surface area (TPSA) is 37.3 Å². The minimum Gasteiger partial charge on any atom is -0.396 e. The first-order valence-corrected chi connectivity index (χ1v) is 10.2. The molecule has 0 bridgehead atoms. The predicted octanol–water partition coefficient (Wildman–Crippen LogP) is 4.76. The molecule has 0 saturated heterocycles. The zero-order valence-electron chi connectivity index (χ0n) is 15.7. The van der Waals surface area contributed by atoms with Crippen molar-refractivity contribution in [2.75, 3.05) is 6.61 Å². The number of aliphatic hydroxyl groups excluding tert-OH is 1. The van der Waals surface area contributed by atoms with Gasteiger partial charge in [0.25, 0.3) is 0 Å². The molecule has 0 aromatic carbocycles. The summed E-state index contributed by atoms with van der Waals surface area (Å²) in [4.78, 5) is 11.9. The standard InChI is InChI=1S/C22H34O2/c1-14(13-23)18-6-7-19-17-5-4-15-12-16(24)8-10-21(15,2)20(17)9-11-22(18,19)3/h12,14,17-20,23H,4-11,13H2,1-3H3/t14-,17?,18?,19?,20?,21?,22?/m1/s1. The largest absolute Gasteiger partial charge is 0.396 e.